The Kier molecular flexibility index (Phi) is 10.2. The molecule has 2 amide bonds. The summed E-state index contributed by atoms with van der Waals surface area (Å²) in [5, 5.41) is 3.04. The lowest BCUT2D eigenvalue weighted by Gasteiger charge is -2.31. The molecule has 0 saturated heterocycles. The van der Waals surface area contributed by atoms with Crippen LogP contribution in [-0.2, 0) is 26.2 Å². The number of likely N-dealkylation sites (N-methyl/N-ethyl adjacent to an activating group) is 1. The van der Waals surface area contributed by atoms with Gasteiger partial charge in [-0.1, -0.05) is 39.7 Å². The van der Waals surface area contributed by atoms with Gasteiger partial charge in [0, 0.05) is 23.1 Å². The summed E-state index contributed by atoms with van der Waals surface area (Å²) in [7, 11) is -2.68. The van der Waals surface area contributed by atoms with Crippen LogP contribution in [0.3, 0.4) is 0 Å². The van der Waals surface area contributed by atoms with Crippen molar-refractivity contribution in [3.63, 3.8) is 0 Å². The van der Waals surface area contributed by atoms with Crippen LogP contribution in [0.25, 0.3) is 0 Å². The zero-order valence-corrected chi connectivity index (χ0v) is 24.4. The normalized spacial score (nSPS) is 11.9. The van der Waals surface area contributed by atoms with Gasteiger partial charge in [-0.15, -0.1) is 0 Å². The molecule has 0 aliphatic heterocycles. The van der Waals surface area contributed by atoms with Crippen molar-refractivity contribution in [1.82, 2.24) is 10.2 Å². The molecule has 202 valence electrons. The summed E-state index contributed by atoms with van der Waals surface area (Å²) in [5.74, 6) is -0.376. The van der Waals surface area contributed by atoms with E-state index in [0.29, 0.717) is 27.4 Å². The van der Waals surface area contributed by atoms with E-state index >= 15 is 0 Å². The molecule has 0 spiro atoms. The number of amides is 2. The van der Waals surface area contributed by atoms with Gasteiger partial charge >= 0.3 is 0 Å². The molecule has 3 rings (SSSR count). The number of carbonyl (C=O) groups excluding carboxylic acids is 2. The Morgan fingerprint density at radius 1 is 1.05 bits per heavy atom. The van der Waals surface area contributed by atoms with Crippen LogP contribution in [0.15, 0.2) is 82.2 Å². The predicted molar refractivity (Wildman–Crippen MR) is 152 cm³/mol. The third-order valence-electron chi connectivity index (χ3n) is 5.77. The molecule has 0 heterocycles. The first-order valence-electron chi connectivity index (χ1n) is 11.8. The van der Waals surface area contributed by atoms with Crippen LogP contribution in [0.4, 0.5) is 5.69 Å². The minimum atomic E-state index is -4.15. The lowest BCUT2D eigenvalue weighted by atomic mass is 10.1. The van der Waals surface area contributed by atoms with Crippen molar-refractivity contribution in [3.05, 3.63) is 87.9 Å². The van der Waals surface area contributed by atoms with E-state index in [-0.39, 0.29) is 23.0 Å². The van der Waals surface area contributed by atoms with E-state index in [1.54, 1.807) is 67.6 Å². The lowest BCUT2D eigenvalue weighted by Crippen LogP contribution is -2.50. The van der Waals surface area contributed by atoms with E-state index in [9.17, 15) is 18.0 Å². The fraction of sp³-hybridized carbons (Fsp3) is 0.259. The zero-order chi connectivity index (χ0) is 27.9. The van der Waals surface area contributed by atoms with Crippen LogP contribution < -0.4 is 14.4 Å². The fourth-order valence-corrected chi connectivity index (χ4v) is 5.65. The fourth-order valence-electron chi connectivity index (χ4n) is 3.76. The number of sulfonamides is 1. The molecule has 3 aromatic rings. The molecule has 0 aliphatic carbocycles. The van der Waals surface area contributed by atoms with Gasteiger partial charge in [0.1, 0.15) is 18.3 Å². The van der Waals surface area contributed by atoms with Crippen LogP contribution in [-0.4, -0.2) is 51.4 Å². The summed E-state index contributed by atoms with van der Waals surface area (Å²) in [6.07, 6.45) is 0. The van der Waals surface area contributed by atoms with Gasteiger partial charge in [0.25, 0.3) is 10.0 Å². The van der Waals surface area contributed by atoms with Crippen LogP contribution in [0.5, 0.6) is 5.75 Å². The molecule has 11 heteroatoms. The number of anilines is 1. The third kappa shape index (κ3) is 7.27. The molecule has 0 unspecified atom stereocenters. The highest BCUT2D eigenvalue weighted by Crippen LogP contribution is 2.27. The van der Waals surface area contributed by atoms with Gasteiger partial charge in [-0.3, -0.25) is 13.9 Å². The molecule has 3 aromatic carbocycles. The number of benzene rings is 3. The molecule has 0 radical (unpaired) electrons. The second kappa shape index (κ2) is 13.1. The summed E-state index contributed by atoms with van der Waals surface area (Å²) in [5.41, 5.74) is 0.977. The van der Waals surface area contributed by atoms with Gasteiger partial charge < -0.3 is 15.0 Å². The third-order valence-corrected chi connectivity index (χ3v) is 8.32. The number of rotatable bonds is 11. The average Bonchev–Trinajstić information content (AvgIpc) is 2.90. The summed E-state index contributed by atoms with van der Waals surface area (Å²) in [4.78, 5) is 27.6. The van der Waals surface area contributed by atoms with Crippen molar-refractivity contribution >= 4 is 55.1 Å². The second-order valence-corrected chi connectivity index (χ2v) is 11.5. The van der Waals surface area contributed by atoms with E-state index < -0.39 is 28.5 Å². The molecule has 0 bridgehead atoms. The number of hydrogen-bond donors (Lipinski definition) is 1. The molecular formula is C27H29BrClN3O5S. The average molecular weight is 623 g/mol. The van der Waals surface area contributed by atoms with E-state index in [0.717, 1.165) is 4.31 Å². The van der Waals surface area contributed by atoms with E-state index in [4.69, 9.17) is 16.3 Å². The monoisotopic (exact) mass is 621 g/mol. The highest BCUT2D eigenvalue weighted by molar-refractivity contribution is 9.10. The van der Waals surface area contributed by atoms with Gasteiger partial charge in [-0.05, 0) is 80.1 Å². The SMILES string of the molecule is CCOc1ccc(N(CC(=O)N(Cc2cccc(Cl)c2)[C@@H](C)C(=O)NC)S(=O)(=O)c2ccc(Br)cc2)cc1. The van der Waals surface area contributed by atoms with E-state index in [1.165, 1.54) is 24.1 Å². The first-order valence-corrected chi connectivity index (χ1v) is 14.4. The molecule has 1 N–H and O–H groups in total. The minimum Gasteiger partial charge on any atom is -0.494 e. The maximum Gasteiger partial charge on any atom is 0.264 e. The minimum absolute atomic E-state index is 0.0168. The van der Waals surface area contributed by atoms with E-state index in [1.807, 2.05) is 6.92 Å². The quantitative estimate of drug-likeness (QED) is 0.330. The predicted octanol–water partition coefficient (Wildman–Crippen LogP) is 4.86. The Morgan fingerprint density at radius 2 is 1.71 bits per heavy atom. The highest BCUT2D eigenvalue weighted by Gasteiger charge is 2.32. The Bertz CT molecular complexity index is 1370. The van der Waals surface area contributed by atoms with Gasteiger partial charge in [0.2, 0.25) is 11.8 Å². The van der Waals surface area contributed by atoms with Crippen molar-refractivity contribution < 1.29 is 22.7 Å². The first kappa shape index (κ1) is 29.5. The Hall–Kier alpha value is -3.08. The Balaban J connectivity index is 2.03. The second-order valence-electron chi connectivity index (χ2n) is 8.33. The van der Waals surface area contributed by atoms with Gasteiger partial charge in [-0.2, -0.15) is 0 Å². The summed E-state index contributed by atoms with van der Waals surface area (Å²) >= 11 is 9.45. The Morgan fingerprint density at radius 3 is 2.29 bits per heavy atom. The van der Waals surface area contributed by atoms with Crippen LogP contribution >= 0.6 is 27.5 Å². The maximum absolute atomic E-state index is 13.8. The topological polar surface area (TPSA) is 96.0 Å². The lowest BCUT2D eigenvalue weighted by molar-refractivity contribution is -0.139. The maximum atomic E-state index is 13.8. The molecule has 0 aliphatic rings. The number of halogens is 2. The number of nitrogens with zero attached hydrogens (tertiary/aromatic N) is 2. The van der Waals surface area contributed by atoms with Crippen molar-refractivity contribution in [2.45, 2.75) is 31.3 Å². The smallest absolute Gasteiger partial charge is 0.264 e. The molecule has 0 fully saturated rings. The van der Waals surface area contributed by atoms with Crippen LogP contribution in [0.2, 0.25) is 5.02 Å². The molecule has 1 atom stereocenters. The van der Waals surface area contributed by atoms with Gasteiger partial charge in [0.15, 0.2) is 0 Å². The standard InChI is InChI=1S/C27H29BrClN3O5S/c1-4-37-24-12-10-23(11-13-24)32(38(35,36)25-14-8-21(28)9-15-25)18-26(33)31(19(2)27(34)30-3)17-20-6-5-7-22(29)16-20/h5-16,19H,4,17-18H2,1-3H3,(H,30,34)/t19-/m0/s1. The summed E-state index contributed by atoms with van der Waals surface area (Å²) < 4.78 is 34.8. The van der Waals surface area contributed by atoms with Crippen LogP contribution in [0, 0.1) is 0 Å². The number of hydrogen-bond acceptors (Lipinski definition) is 5. The Labute approximate surface area is 236 Å². The van der Waals surface area contributed by atoms with Crippen molar-refractivity contribution in [3.8, 4) is 5.75 Å². The largest absolute Gasteiger partial charge is 0.494 e. The number of ether oxygens (including phenoxy) is 1. The highest BCUT2D eigenvalue weighted by atomic mass is 79.9. The number of carbonyl (C=O) groups is 2. The van der Waals surface area contributed by atoms with E-state index in [2.05, 4.69) is 21.2 Å². The zero-order valence-electron chi connectivity index (χ0n) is 21.2. The summed E-state index contributed by atoms with van der Waals surface area (Å²) in [6, 6.07) is 18.7. The summed E-state index contributed by atoms with van der Waals surface area (Å²) in [6.45, 7) is 3.41. The molecule has 38 heavy (non-hydrogen) atoms. The van der Waals surface area contributed by atoms with Crippen molar-refractivity contribution in [1.29, 1.82) is 0 Å². The van der Waals surface area contributed by atoms with Crippen molar-refractivity contribution in [2.75, 3.05) is 24.5 Å². The molecular weight excluding hydrogens is 594 g/mol. The first-order chi connectivity index (χ1) is 18.1. The molecule has 0 aromatic heterocycles. The van der Waals surface area contributed by atoms with Crippen LogP contribution in [0.1, 0.15) is 19.4 Å². The molecule has 0 saturated carbocycles. The molecule has 8 nitrogen and oxygen atoms in total. The number of nitrogens with one attached hydrogen (secondary N) is 1. The van der Waals surface area contributed by atoms with Crippen molar-refractivity contribution in [2.24, 2.45) is 0 Å². The van der Waals surface area contributed by atoms with Gasteiger partial charge in [-0.25, -0.2) is 8.42 Å². The van der Waals surface area contributed by atoms with Gasteiger partial charge in [0.05, 0.1) is 17.2 Å².